The highest BCUT2D eigenvalue weighted by Crippen LogP contribution is 2.25. The lowest BCUT2D eigenvalue weighted by molar-refractivity contribution is 0.159. The summed E-state index contributed by atoms with van der Waals surface area (Å²) in [5, 5.41) is 27.5. The number of nitrogens with one attached hydrogen (secondary N) is 2. The van der Waals surface area contributed by atoms with Gasteiger partial charge >= 0.3 is 0 Å². The lowest BCUT2D eigenvalue weighted by atomic mass is 10.0. The zero-order valence-corrected chi connectivity index (χ0v) is 6.99. The lowest BCUT2D eigenvalue weighted by Crippen LogP contribution is -2.19. The highest BCUT2D eigenvalue weighted by Gasteiger charge is 2.27. The molecule has 1 fully saturated rings. The number of aromatic amines is 1. The number of hydrogen-bond acceptors (Lipinski definition) is 4. The molecule has 0 radical (unpaired) electrons. The van der Waals surface area contributed by atoms with Crippen LogP contribution in [0.3, 0.4) is 0 Å². The highest BCUT2D eigenvalue weighted by molar-refractivity contribution is 5.33. The first-order valence-corrected chi connectivity index (χ1v) is 4.16. The van der Waals surface area contributed by atoms with Crippen molar-refractivity contribution in [3.05, 3.63) is 17.5 Å². The Bertz CT molecular complexity index is 340. The number of aromatic nitrogens is 2. The largest absolute Gasteiger partial charge is 0.379 e. The Hall–Kier alpha value is -1.38. The molecule has 2 rings (SSSR count). The van der Waals surface area contributed by atoms with E-state index in [0.29, 0.717) is 18.5 Å². The van der Waals surface area contributed by atoms with Crippen LogP contribution in [0.25, 0.3) is 0 Å². The minimum absolute atomic E-state index is 0.149. The summed E-state index contributed by atoms with van der Waals surface area (Å²) in [6.45, 7) is 0.681. The molecule has 1 aromatic heterocycles. The molecule has 2 unspecified atom stereocenters. The number of nitrogens with zero attached hydrogens (tertiary/aromatic N) is 2. The summed E-state index contributed by atoms with van der Waals surface area (Å²) in [5.74, 6) is 0.149. The minimum atomic E-state index is -0.465. The van der Waals surface area contributed by atoms with Crippen LogP contribution in [0.4, 0.5) is 0 Å². The van der Waals surface area contributed by atoms with Crippen molar-refractivity contribution in [3.63, 3.8) is 0 Å². The molecular formula is C8H10N4O. The van der Waals surface area contributed by atoms with Crippen LogP contribution in [0.5, 0.6) is 0 Å². The van der Waals surface area contributed by atoms with Crippen LogP contribution in [0.2, 0.25) is 0 Å². The van der Waals surface area contributed by atoms with Gasteiger partial charge in [-0.3, -0.25) is 10.4 Å². The van der Waals surface area contributed by atoms with Crippen LogP contribution in [-0.2, 0) is 0 Å². The van der Waals surface area contributed by atoms with Crippen molar-refractivity contribution in [1.82, 2.24) is 15.5 Å². The third-order valence-electron chi connectivity index (χ3n) is 2.28. The molecule has 0 amide bonds. The predicted octanol–water partition coefficient (Wildman–Crippen LogP) is -0.323. The summed E-state index contributed by atoms with van der Waals surface area (Å²) in [5.41, 5.74) is 1.33. The first kappa shape index (κ1) is 8.23. The van der Waals surface area contributed by atoms with Crippen molar-refractivity contribution in [2.75, 3.05) is 6.54 Å². The number of rotatable bonds is 1. The zero-order valence-electron chi connectivity index (χ0n) is 6.99. The molecule has 0 aliphatic carbocycles. The number of aliphatic hydroxyl groups is 1. The Balaban J connectivity index is 2.22. The molecule has 0 aromatic carbocycles. The molecular weight excluding hydrogens is 168 g/mol. The van der Waals surface area contributed by atoms with Crippen molar-refractivity contribution in [1.29, 1.82) is 5.26 Å². The molecule has 1 saturated heterocycles. The van der Waals surface area contributed by atoms with Gasteiger partial charge < -0.3 is 5.11 Å². The summed E-state index contributed by atoms with van der Waals surface area (Å²) < 4.78 is 0. The average Bonchev–Trinajstić information content (AvgIpc) is 2.71. The molecule has 1 aliphatic heterocycles. The van der Waals surface area contributed by atoms with Crippen molar-refractivity contribution in [2.24, 2.45) is 0 Å². The summed E-state index contributed by atoms with van der Waals surface area (Å²) in [7, 11) is 0. The quantitative estimate of drug-likeness (QED) is 0.550. The molecule has 5 heteroatoms. The van der Waals surface area contributed by atoms with Crippen molar-refractivity contribution >= 4 is 0 Å². The van der Waals surface area contributed by atoms with Gasteiger partial charge in [-0.2, -0.15) is 10.4 Å². The summed E-state index contributed by atoms with van der Waals surface area (Å²) in [4.78, 5) is 0. The molecule has 3 N–H and O–H groups in total. The van der Waals surface area contributed by atoms with Gasteiger partial charge in [0.2, 0.25) is 0 Å². The molecule has 0 saturated carbocycles. The predicted molar refractivity (Wildman–Crippen MR) is 44.7 cm³/mol. The SMILES string of the molecule is N#Cc1c[nH]nc1C1CNC(O)C1. The third-order valence-corrected chi connectivity index (χ3v) is 2.28. The normalized spacial score (nSPS) is 27.4. The molecule has 2 heterocycles. The zero-order chi connectivity index (χ0) is 9.26. The van der Waals surface area contributed by atoms with E-state index >= 15 is 0 Å². The van der Waals surface area contributed by atoms with E-state index < -0.39 is 6.23 Å². The molecule has 1 aromatic rings. The molecule has 2 atom stereocenters. The van der Waals surface area contributed by atoms with Crippen LogP contribution < -0.4 is 5.32 Å². The molecule has 0 bridgehead atoms. The fourth-order valence-corrected chi connectivity index (χ4v) is 1.62. The Labute approximate surface area is 75.4 Å². The first-order valence-electron chi connectivity index (χ1n) is 4.16. The van der Waals surface area contributed by atoms with Gasteiger partial charge in [0.05, 0.1) is 11.3 Å². The van der Waals surface area contributed by atoms with Crippen molar-refractivity contribution < 1.29 is 5.11 Å². The standard InChI is InChI=1S/C8H10N4O/c9-2-6-4-11-12-8(6)5-1-7(13)10-3-5/h4-5,7,10,13H,1,3H2,(H,11,12). The molecule has 5 nitrogen and oxygen atoms in total. The third kappa shape index (κ3) is 1.41. The second-order valence-electron chi connectivity index (χ2n) is 3.15. The van der Waals surface area contributed by atoms with Crippen LogP contribution in [0.1, 0.15) is 23.6 Å². The van der Waals surface area contributed by atoms with E-state index in [0.717, 1.165) is 5.69 Å². The van der Waals surface area contributed by atoms with Gasteiger partial charge in [0.25, 0.3) is 0 Å². The van der Waals surface area contributed by atoms with Crippen LogP contribution in [-0.4, -0.2) is 28.1 Å². The van der Waals surface area contributed by atoms with E-state index in [1.54, 1.807) is 6.20 Å². The average molecular weight is 178 g/mol. The topological polar surface area (TPSA) is 84.7 Å². The number of H-pyrrole nitrogens is 1. The lowest BCUT2D eigenvalue weighted by Gasteiger charge is -2.03. The van der Waals surface area contributed by atoms with Gasteiger partial charge in [0, 0.05) is 18.7 Å². The Morgan fingerprint density at radius 2 is 2.54 bits per heavy atom. The Kier molecular flexibility index (Phi) is 2.00. The van der Waals surface area contributed by atoms with Crippen LogP contribution in [0, 0.1) is 11.3 Å². The van der Waals surface area contributed by atoms with Gasteiger partial charge in [-0.1, -0.05) is 0 Å². The van der Waals surface area contributed by atoms with E-state index in [4.69, 9.17) is 5.26 Å². The first-order chi connectivity index (χ1) is 6.31. The van der Waals surface area contributed by atoms with E-state index in [2.05, 4.69) is 21.6 Å². The number of aliphatic hydroxyl groups excluding tert-OH is 1. The fraction of sp³-hybridized carbons (Fsp3) is 0.500. The maximum atomic E-state index is 9.23. The number of nitriles is 1. The van der Waals surface area contributed by atoms with E-state index in [1.165, 1.54) is 0 Å². The monoisotopic (exact) mass is 178 g/mol. The second-order valence-corrected chi connectivity index (χ2v) is 3.15. The van der Waals surface area contributed by atoms with E-state index in [-0.39, 0.29) is 5.92 Å². The summed E-state index contributed by atoms with van der Waals surface area (Å²) >= 11 is 0. The number of hydrogen-bond donors (Lipinski definition) is 3. The fourth-order valence-electron chi connectivity index (χ4n) is 1.62. The smallest absolute Gasteiger partial charge is 0.105 e. The summed E-state index contributed by atoms with van der Waals surface area (Å²) in [6, 6.07) is 2.06. The van der Waals surface area contributed by atoms with Gasteiger partial charge in [-0.15, -0.1) is 0 Å². The van der Waals surface area contributed by atoms with Crippen molar-refractivity contribution in [3.8, 4) is 6.07 Å². The summed E-state index contributed by atoms with van der Waals surface area (Å²) in [6.07, 6.45) is 1.74. The van der Waals surface area contributed by atoms with Crippen molar-refractivity contribution in [2.45, 2.75) is 18.6 Å². The Morgan fingerprint density at radius 1 is 1.69 bits per heavy atom. The minimum Gasteiger partial charge on any atom is -0.379 e. The van der Waals surface area contributed by atoms with Gasteiger partial charge in [-0.05, 0) is 6.42 Å². The molecule has 13 heavy (non-hydrogen) atoms. The highest BCUT2D eigenvalue weighted by atomic mass is 16.3. The van der Waals surface area contributed by atoms with Crippen LogP contribution >= 0.6 is 0 Å². The van der Waals surface area contributed by atoms with Gasteiger partial charge in [0.15, 0.2) is 0 Å². The van der Waals surface area contributed by atoms with Crippen LogP contribution in [0.15, 0.2) is 6.20 Å². The van der Waals surface area contributed by atoms with Gasteiger partial charge in [0.1, 0.15) is 12.3 Å². The van der Waals surface area contributed by atoms with E-state index in [9.17, 15) is 5.11 Å². The maximum absolute atomic E-state index is 9.23. The molecule has 0 spiro atoms. The van der Waals surface area contributed by atoms with Gasteiger partial charge in [-0.25, -0.2) is 0 Å². The molecule has 68 valence electrons. The molecule has 1 aliphatic rings. The van der Waals surface area contributed by atoms with E-state index in [1.807, 2.05) is 0 Å². The Morgan fingerprint density at radius 3 is 3.15 bits per heavy atom. The second kappa shape index (κ2) is 3.17. The maximum Gasteiger partial charge on any atom is 0.105 e.